The lowest BCUT2D eigenvalue weighted by atomic mass is 10.2. The number of aliphatic carboxylic acids is 2. The van der Waals surface area contributed by atoms with Gasteiger partial charge in [-0.25, -0.2) is 9.59 Å². The zero-order chi connectivity index (χ0) is 19.4. The summed E-state index contributed by atoms with van der Waals surface area (Å²) in [5, 5.41) is 41.2. The maximum atomic E-state index is 9.77. The monoisotopic (exact) mass is 367 g/mol. The molecule has 0 aromatic heterocycles. The molecule has 25 heavy (non-hydrogen) atoms. The maximum absolute atomic E-state index is 9.77. The molecular formula is C14H25NO10. The molecule has 1 saturated carbocycles. The van der Waals surface area contributed by atoms with Crippen LogP contribution in [0.15, 0.2) is 0 Å². The highest BCUT2D eigenvalue weighted by atomic mass is 16.8. The van der Waals surface area contributed by atoms with Crippen molar-refractivity contribution < 1.29 is 49.3 Å². The fraction of sp³-hybridized carbons (Fsp3) is 0.857. The van der Waals surface area contributed by atoms with E-state index in [0.717, 1.165) is 6.42 Å². The normalized spacial score (nSPS) is 32.2. The largest absolute Gasteiger partial charge is 0.479 e. The molecule has 11 heteroatoms. The number of ether oxygens (including phenoxy) is 3. The van der Waals surface area contributed by atoms with Crippen molar-refractivity contribution in [3.8, 4) is 0 Å². The summed E-state index contributed by atoms with van der Waals surface area (Å²) in [5.74, 6) is -4.11. The quantitative estimate of drug-likeness (QED) is 0.291. The fourth-order valence-electron chi connectivity index (χ4n) is 2.61. The Labute approximate surface area is 143 Å². The Morgan fingerprint density at radius 2 is 1.64 bits per heavy atom. The molecule has 0 aromatic rings. The van der Waals surface area contributed by atoms with Crippen molar-refractivity contribution in [2.24, 2.45) is 5.73 Å². The van der Waals surface area contributed by atoms with E-state index in [1.165, 1.54) is 0 Å². The van der Waals surface area contributed by atoms with Gasteiger partial charge < -0.3 is 45.5 Å². The number of hydrogen-bond acceptors (Lipinski definition) is 9. The van der Waals surface area contributed by atoms with Crippen molar-refractivity contribution in [3.05, 3.63) is 0 Å². The Hall–Kier alpha value is -1.34. The average Bonchev–Trinajstić information content (AvgIpc) is 2.98. The van der Waals surface area contributed by atoms with Gasteiger partial charge >= 0.3 is 11.9 Å². The molecule has 1 aliphatic carbocycles. The minimum Gasteiger partial charge on any atom is -0.479 e. The maximum Gasteiger partial charge on any atom is 0.335 e. The zero-order valence-electron chi connectivity index (χ0n) is 13.9. The molecule has 1 aliphatic heterocycles. The van der Waals surface area contributed by atoms with Crippen LogP contribution in [0.1, 0.15) is 20.3 Å². The van der Waals surface area contributed by atoms with Gasteiger partial charge in [-0.1, -0.05) is 0 Å². The Morgan fingerprint density at radius 3 is 2.08 bits per heavy atom. The minimum absolute atomic E-state index is 0.0212. The second-order valence-corrected chi connectivity index (χ2v) is 6.16. The van der Waals surface area contributed by atoms with E-state index >= 15 is 0 Å². The highest BCUT2D eigenvalue weighted by Gasteiger charge is 2.53. The highest BCUT2D eigenvalue weighted by molar-refractivity contribution is 5.83. The van der Waals surface area contributed by atoms with Crippen molar-refractivity contribution in [1.29, 1.82) is 0 Å². The van der Waals surface area contributed by atoms with E-state index in [0.29, 0.717) is 6.61 Å². The highest BCUT2D eigenvalue weighted by Crippen LogP contribution is 2.38. The molecule has 0 amide bonds. The van der Waals surface area contributed by atoms with E-state index in [-0.39, 0.29) is 31.0 Å². The molecule has 0 unspecified atom stereocenters. The van der Waals surface area contributed by atoms with Crippen LogP contribution in [-0.2, 0) is 23.8 Å². The smallest absolute Gasteiger partial charge is 0.335 e. The van der Waals surface area contributed by atoms with E-state index in [1.54, 1.807) is 0 Å². The number of rotatable bonds is 6. The summed E-state index contributed by atoms with van der Waals surface area (Å²) in [6, 6.07) is -0.0412. The molecule has 0 radical (unpaired) electrons. The lowest BCUT2D eigenvalue weighted by Gasteiger charge is -2.22. The first-order valence-electron chi connectivity index (χ1n) is 7.65. The number of hydrogen-bond donors (Lipinski definition) is 6. The van der Waals surface area contributed by atoms with Crippen LogP contribution in [0.2, 0.25) is 0 Å². The van der Waals surface area contributed by atoms with Crippen LogP contribution in [0.25, 0.3) is 0 Å². The first-order chi connectivity index (χ1) is 11.5. The van der Waals surface area contributed by atoms with E-state index < -0.39 is 29.9 Å². The summed E-state index contributed by atoms with van der Waals surface area (Å²) < 4.78 is 16.9. The lowest BCUT2D eigenvalue weighted by molar-refractivity contribution is -0.168. The molecule has 146 valence electrons. The summed E-state index contributed by atoms with van der Waals surface area (Å²) in [4.78, 5) is 19.5. The van der Waals surface area contributed by atoms with Crippen LogP contribution < -0.4 is 5.73 Å². The van der Waals surface area contributed by atoms with Crippen LogP contribution in [-0.4, -0.2) is 93.0 Å². The summed E-state index contributed by atoms with van der Waals surface area (Å²) in [6.45, 7) is 4.10. The van der Waals surface area contributed by atoms with E-state index in [4.69, 9.17) is 45.5 Å². The van der Waals surface area contributed by atoms with Crippen molar-refractivity contribution in [2.75, 3.05) is 13.2 Å². The Balaban J connectivity index is 0.000000275. The standard InChI is InChI=1S/C10H19NO4.C4H6O6/c1-10(2)14-8-6(11)5-7(9(8)15-10)13-4-3-12;5-1(3(7)8)2(6)4(9)10/h6-9,12H,3-5,11H2,1-2H3;1-2,5-6H,(H,7,8)(H,9,10)/t6-,7+,8+,9-;1-,2-/m11/s1. The number of carboxylic acid groups (broad SMARTS) is 2. The topological polar surface area (TPSA) is 189 Å². The van der Waals surface area contributed by atoms with Crippen LogP contribution in [0, 0.1) is 0 Å². The first-order valence-corrected chi connectivity index (χ1v) is 7.65. The number of aliphatic hydroxyl groups is 3. The molecule has 6 atom stereocenters. The van der Waals surface area contributed by atoms with Crippen LogP contribution in [0.4, 0.5) is 0 Å². The van der Waals surface area contributed by atoms with Crippen molar-refractivity contribution >= 4 is 11.9 Å². The van der Waals surface area contributed by atoms with Crippen molar-refractivity contribution in [3.63, 3.8) is 0 Å². The predicted molar refractivity (Wildman–Crippen MR) is 80.5 cm³/mol. The summed E-state index contributed by atoms with van der Waals surface area (Å²) >= 11 is 0. The molecule has 2 aliphatic rings. The Morgan fingerprint density at radius 1 is 1.16 bits per heavy atom. The molecule has 0 bridgehead atoms. The average molecular weight is 367 g/mol. The molecule has 11 nitrogen and oxygen atoms in total. The van der Waals surface area contributed by atoms with Gasteiger partial charge in [0.05, 0.1) is 19.3 Å². The van der Waals surface area contributed by atoms with E-state index in [2.05, 4.69) is 0 Å². The third-order valence-electron chi connectivity index (χ3n) is 3.68. The summed E-state index contributed by atoms with van der Waals surface area (Å²) in [6.07, 6.45) is -4.04. The van der Waals surface area contributed by atoms with Gasteiger partial charge in [0, 0.05) is 6.04 Å². The van der Waals surface area contributed by atoms with Gasteiger partial charge in [-0.3, -0.25) is 0 Å². The summed E-state index contributed by atoms with van der Waals surface area (Å²) in [5.41, 5.74) is 5.96. The first kappa shape index (κ1) is 21.7. The van der Waals surface area contributed by atoms with E-state index in [1.807, 2.05) is 13.8 Å². The number of nitrogens with two attached hydrogens (primary N) is 1. The van der Waals surface area contributed by atoms with Gasteiger partial charge in [-0.05, 0) is 20.3 Å². The third-order valence-corrected chi connectivity index (χ3v) is 3.68. The molecule has 2 rings (SSSR count). The van der Waals surface area contributed by atoms with Gasteiger partial charge in [0.1, 0.15) is 12.2 Å². The van der Waals surface area contributed by atoms with Crippen LogP contribution in [0.3, 0.4) is 0 Å². The number of carboxylic acids is 2. The van der Waals surface area contributed by atoms with Gasteiger partial charge in [-0.15, -0.1) is 0 Å². The van der Waals surface area contributed by atoms with Gasteiger partial charge in [0.2, 0.25) is 0 Å². The molecular weight excluding hydrogens is 342 g/mol. The summed E-state index contributed by atoms with van der Waals surface area (Å²) in [7, 11) is 0. The third kappa shape index (κ3) is 5.85. The van der Waals surface area contributed by atoms with Gasteiger partial charge in [0.25, 0.3) is 0 Å². The van der Waals surface area contributed by atoms with Gasteiger partial charge in [-0.2, -0.15) is 0 Å². The second-order valence-electron chi connectivity index (χ2n) is 6.16. The molecule has 0 aromatic carbocycles. The Kier molecular flexibility index (Phi) is 7.68. The van der Waals surface area contributed by atoms with E-state index in [9.17, 15) is 9.59 Å². The second kappa shape index (κ2) is 8.85. The van der Waals surface area contributed by atoms with Gasteiger partial charge in [0.15, 0.2) is 18.0 Å². The fourth-order valence-corrected chi connectivity index (χ4v) is 2.61. The number of aliphatic hydroxyl groups excluding tert-OH is 3. The van der Waals surface area contributed by atoms with Crippen molar-refractivity contribution in [1.82, 2.24) is 0 Å². The van der Waals surface area contributed by atoms with Crippen LogP contribution in [0.5, 0.6) is 0 Å². The Bertz CT molecular complexity index is 453. The molecule has 1 saturated heterocycles. The van der Waals surface area contributed by atoms with Crippen LogP contribution >= 0.6 is 0 Å². The number of carbonyl (C=O) groups is 2. The van der Waals surface area contributed by atoms with Crippen molar-refractivity contribution in [2.45, 2.75) is 62.6 Å². The predicted octanol–water partition coefficient (Wildman–Crippen LogP) is -2.51. The zero-order valence-corrected chi connectivity index (χ0v) is 13.9. The molecule has 1 heterocycles. The molecule has 2 fully saturated rings. The lowest BCUT2D eigenvalue weighted by Crippen LogP contribution is -2.39. The molecule has 7 N–H and O–H groups in total. The number of fused-ring (bicyclic) bond motifs is 1. The minimum atomic E-state index is -2.27. The molecule has 0 spiro atoms. The SMILES string of the molecule is CC1(C)O[C@@H]2[C@H](O1)[C@@H](OCCO)C[C@H]2N.O=C(O)[C@H](O)[C@@H](O)C(=O)O.